The molecule has 1 aliphatic rings. The molecule has 0 unspecified atom stereocenters. The Morgan fingerprint density at radius 3 is 2.79 bits per heavy atom. The fourth-order valence-electron chi connectivity index (χ4n) is 3.31. The number of fused-ring (bicyclic) bond motifs is 1. The van der Waals surface area contributed by atoms with Crippen LogP contribution in [0.4, 0.5) is 0 Å². The lowest BCUT2D eigenvalue weighted by atomic mass is 10.0. The van der Waals surface area contributed by atoms with Crippen molar-refractivity contribution >= 4 is 16.9 Å². The van der Waals surface area contributed by atoms with E-state index in [0.29, 0.717) is 13.1 Å². The summed E-state index contributed by atoms with van der Waals surface area (Å²) in [6, 6.07) is 10.1. The highest BCUT2D eigenvalue weighted by Gasteiger charge is 2.31. The van der Waals surface area contributed by atoms with Crippen molar-refractivity contribution in [2.24, 2.45) is 4.99 Å². The number of furan rings is 1. The summed E-state index contributed by atoms with van der Waals surface area (Å²) in [6.07, 6.45) is 3.89. The van der Waals surface area contributed by atoms with Gasteiger partial charge in [0, 0.05) is 19.0 Å². The van der Waals surface area contributed by atoms with Gasteiger partial charge in [0.15, 0.2) is 5.96 Å². The summed E-state index contributed by atoms with van der Waals surface area (Å²) in [6.45, 7) is 3.94. The van der Waals surface area contributed by atoms with Gasteiger partial charge in [-0.25, -0.2) is 0 Å². The highest BCUT2D eigenvalue weighted by atomic mass is 16.3. The van der Waals surface area contributed by atoms with Crippen molar-refractivity contribution in [1.29, 1.82) is 0 Å². The summed E-state index contributed by atoms with van der Waals surface area (Å²) in [5.41, 5.74) is 0.282. The number of nitrogens with one attached hydrogen (secondary N) is 1. The van der Waals surface area contributed by atoms with Gasteiger partial charge in [-0.05, 0) is 31.9 Å². The van der Waals surface area contributed by atoms with Crippen LogP contribution < -0.4 is 5.32 Å². The second kappa shape index (κ2) is 7.26. The zero-order valence-corrected chi connectivity index (χ0v) is 14.6. The fraction of sp³-hybridized carbons (Fsp3) is 0.526. The Morgan fingerprint density at radius 2 is 2.08 bits per heavy atom. The molecule has 2 aromatic rings. The first-order valence-electron chi connectivity index (χ1n) is 8.79. The molecule has 0 atom stereocenters. The number of benzene rings is 1. The number of para-hydroxylation sites is 1. The number of rotatable bonds is 5. The lowest BCUT2D eigenvalue weighted by Crippen LogP contribution is -2.40. The zero-order valence-electron chi connectivity index (χ0n) is 14.6. The van der Waals surface area contributed by atoms with Gasteiger partial charge in [0.05, 0.1) is 18.7 Å². The third kappa shape index (κ3) is 3.90. The third-order valence-electron chi connectivity index (χ3n) is 4.62. The van der Waals surface area contributed by atoms with Crippen molar-refractivity contribution in [3.8, 4) is 0 Å². The second-order valence-corrected chi connectivity index (χ2v) is 6.71. The van der Waals surface area contributed by atoms with Crippen molar-refractivity contribution in [1.82, 2.24) is 10.2 Å². The van der Waals surface area contributed by atoms with E-state index < -0.39 is 5.60 Å². The van der Waals surface area contributed by atoms with Gasteiger partial charge in [0.1, 0.15) is 11.3 Å². The van der Waals surface area contributed by atoms with E-state index in [2.05, 4.69) is 29.4 Å². The minimum Gasteiger partial charge on any atom is -0.459 e. The van der Waals surface area contributed by atoms with E-state index >= 15 is 0 Å². The molecule has 2 N–H and O–H groups in total. The fourth-order valence-corrected chi connectivity index (χ4v) is 3.31. The molecule has 5 heteroatoms. The van der Waals surface area contributed by atoms with E-state index in [4.69, 9.17) is 4.42 Å². The molecule has 0 aliphatic heterocycles. The summed E-state index contributed by atoms with van der Waals surface area (Å²) in [5, 5.41) is 14.9. The quantitative estimate of drug-likeness (QED) is 0.653. The molecular weight excluding hydrogens is 302 g/mol. The van der Waals surface area contributed by atoms with Gasteiger partial charge in [0.2, 0.25) is 0 Å². The summed E-state index contributed by atoms with van der Waals surface area (Å²) in [7, 11) is 1.99. The molecule has 1 aromatic carbocycles. The Hall–Kier alpha value is -2.01. The molecule has 0 spiro atoms. The van der Waals surface area contributed by atoms with Gasteiger partial charge < -0.3 is 19.7 Å². The zero-order chi connectivity index (χ0) is 17.0. The number of hydrogen-bond donors (Lipinski definition) is 2. The van der Waals surface area contributed by atoms with Gasteiger partial charge in [-0.15, -0.1) is 0 Å². The van der Waals surface area contributed by atoms with Gasteiger partial charge >= 0.3 is 0 Å². The first kappa shape index (κ1) is 16.8. The lowest BCUT2D eigenvalue weighted by Gasteiger charge is -2.24. The maximum absolute atomic E-state index is 10.5. The SMILES string of the molecule is CCNC(=NCC1(O)CCCC1)N(C)Cc1cc2ccccc2o1. The van der Waals surface area contributed by atoms with E-state index in [0.717, 1.165) is 54.9 Å². The van der Waals surface area contributed by atoms with Gasteiger partial charge in [0.25, 0.3) is 0 Å². The highest BCUT2D eigenvalue weighted by molar-refractivity contribution is 5.80. The van der Waals surface area contributed by atoms with Crippen molar-refractivity contribution in [2.45, 2.75) is 44.8 Å². The van der Waals surface area contributed by atoms with Crippen LogP contribution in [0.2, 0.25) is 0 Å². The highest BCUT2D eigenvalue weighted by Crippen LogP contribution is 2.29. The Labute approximate surface area is 143 Å². The largest absolute Gasteiger partial charge is 0.459 e. The number of aliphatic imine (C=N–C) groups is 1. The lowest BCUT2D eigenvalue weighted by molar-refractivity contribution is 0.0572. The van der Waals surface area contributed by atoms with Crippen LogP contribution in [0, 0.1) is 0 Å². The van der Waals surface area contributed by atoms with Gasteiger partial charge in [-0.1, -0.05) is 31.0 Å². The van der Waals surface area contributed by atoms with Crippen LogP contribution in [-0.2, 0) is 6.54 Å². The molecule has 1 aromatic heterocycles. The molecule has 1 aliphatic carbocycles. The molecular formula is C19H27N3O2. The van der Waals surface area contributed by atoms with Gasteiger partial charge in [-0.2, -0.15) is 0 Å². The van der Waals surface area contributed by atoms with Crippen LogP contribution in [0.1, 0.15) is 38.4 Å². The molecule has 0 bridgehead atoms. The van der Waals surface area contributed by atoms with Crippen LogP contribution in [0.15, 0.2) is 39.7 Å². The molecule has 130 valence electrons. The number of guanidine groups is 1. The summed E-state index contributed by atoms with van der Waals surface area (Å²) < 4.78 is 5.89. The predicted molar refractivity (Wildman–Crippen MR) is 97.1 cm³/mol. The van der Waals surface area contributed by atoms with Crippen LogP contribution in [0.5, 0.6) is 0 Å². The normalized spacial score (nSPS) is 17.4. The van der Waals surface area contributed by atoms with Crippen LogP contribution in [0.3, 0.4) is 0 Å². The Balaban J connectivity index is 1.70. The van der Waals surface area contributed by atoms with E-state index in [9.17, 15) is 5.11 Å². The van der Waals surface area contributed by atoms with E-state index in [1.54, 1.807) is 0 Å². The minimum absolute atomic E-state index is 0.458. The van der Waals surface area contributed by atoms with Crippen LogP contribution in [-0.4, -0.2) is 41.7 Å². The molecule has 1 saturated carbocycles. The van der Waals surface area contributed by atoms with Crippen molar-refractivity contribution in [2.75, 3.05) is 20.1 Å². The molecule has 1 fully saturated rings. The molecule has 24 heavy (non-hydrogen) atoms. The molecule has 3 rings (SSSR count). The second-order valence-electron chi connectivity index (χ2n) is 6.71. The standard InChI is InChI=1S/C19H27N3O2/c1-3-20-18(21-14-19(23)10-6-7-11-19)22(2)13-16-12-15-8-4-5-9-17(15)24-16/h4-5,8-9,12,23H,3,6-7,10-11,13-14H2,1-2H3,(H,20,21). The Bertz CT molecular complexity index is 668. The van der Waals surface area contributed by atoms with Gasteiger partial charge in [-0.3, -0.25) is 4.99 Å². The van der Waals surface area contributed by atoms with E-state index in [1.807, 2.05) is 30.1 Å². The maximum Gasteiger partial charge on any atom is 0.194 e. The molecule has 0 amide bonds. The molecule has 5 nitrogen and oxygen atoms in total. The topological polar surface area (TPSA) is 61.0 Å². The third-order valence-corrected chi connectivity index (χ3v) is 4.62. The van der Waals surface area contributed by atoms with Crippen LogP contribution in [0.25, 0.3) is 11.0 Å². The molecule has 1 heterocycles. The summed E-state index contributed by atoms with van der Waals surface area (Å²) in [5.74, 6) is 1.71. The van der Waals surface area contributed by atoms with Crippen molar-refractivity contribution < 1.29 is 9.52 Å². The number of aliphatic hydroxyl groups is 1. The Morgan fingerprint density at radius 1 is 1.33 bits per heavy atom. The smallest absolute Gasteiger partial charge is 0.194 e. The predicted octanol–water partition coefficient (Wildman–Crippen LogP) is 3.14. The van der Waals surface area contributed by atoms with E-state index in [1.165, 1.54) is 0 Å². The molecule has 0 radical (unpaired) electrons. The Kier molecular flexibility index (Phi) is 5.09. The van der Waals surface area contributed by atoms with Crippen molar-refractivity contribution in [3.63, 3.8) is 0 Å². The van der Waals surface area contributed by atoms with Crippen molar-refractivity contribution in [3.05, 3.63) is 36.1 Å². The van der Waals surface area contributed by atoms with E-state index in [-0.39, 0.29) is 0 Å². The monoisotopic (exact) mass is 329 g/mol. The summed E-state index contributed by atoms with van der Waals surface area (Å²) >= 11 is 0. The van der Waals surface area contributed by atoms with Crippen LogP contribution >= 0.6 is 0 Å². The first-order valence-corrected chi connectivity index (χ1v) is 8.79. The maximum atomic E-state index is 10.5. The number of nitrogens with zero attached hydrogens (tertiary/aromatic N) is 2. The summed E-state index contributed by atoms with van der Waals surface area (Å²) in [4.78, 5) is 6.70. The molecule has 0 saturated heterocycles. The first-order chi connectivity index (χ1) is 11.6. The number of hydrogen-bond acceptors (Lipinski definition) is 3. The average Bonchev–Trinajstić information content (AvgIpc) is 3.17. The average molecular weight is 329 g/mol. The minimum atomic E-state index is -0.624.